The number of nitrogens with zero attached hydrogens (tertiary/aromatic N) is 1. The van der Waals surface area contributed by atoms with Gasteiger partial charge in [0.1, 0.15) is 11.5 Å². The van der Waals surface area contributed by atoms with Crippen molar-refractivity contribution < 1.29 is 14.7 Å². The summed E-state index contributed by atoms with van der Waals surface area (Å²) in [6.45, 7) is 1.68. The van der Waals surface area contributed by atoms with Crippen molar-refractivity contribution >= 4 is 5.71 Å². The van der Waals surface area contributed by atoms with Gasteiger partial charge in [0.05, 0.1) is 25.5 Å². The molecule has 4 nitrogen and oxygen atoms in total. The standard InChI is InChI=1S/C10H13NO3/c1-7(11-12)10-8(13-2)5-4-6-9(10)14-3/h4-6,12H,1-3H3. The van der Waals surface area contributed by atoms with Crippen molar-refractivity contribution in [3.05, 3.63) is 23.8 Å². The van der Waals surface area contributed by atoms with E-state index in [4.69, 9.17) is 14.7 Å². The Morgan fingerprint density at radius 2 is 1.71 bits per heavy atom. The maximum Gasteiger partial charge on any atom is 0.131 e. The Kier molecular flexibility index (Phi) is 3.34. The van der Waals surface area contributed by atoms with Gasteiger partial charge in [-0.2, -0.15) is 0 Å². The molecule has 1 aromatic carbocycles. The Morgan fingerprint density at radius 1 is 1.21 bits per heavy atom. The molecule has 4 heteroatoms. The second-order valence-corrected chi connectivity index (χ2v) is 2.72. The van der Waals surface area contributed by atoms with Gasteiger partial charge in [0.25, 0.3) is 0 Å². The zero-order chi connectivity index (χ0) is 10.6. The van der Waals surface area contributed by atoms with Crippen LogP contribution in [0.3, 0.4) is 0 Å². The number of oxime groups is 1. The molecule has 1 rings (SSSR count). The van der Waals surface area contributed by atoms with Gasteiger partial charge in [-0.15, -0.1) is 0 Å². The van der Waals surface area contributed by atoms with Crippen LogP contribution in [0.15, 0.2) is 23.4 Å². The van der Waals surface area contributed by atoms with E-state index in [1.165, 1.54) is 0 Å². The van der Waals surface area contributed by atoms with Gasteiger partial charge in [0.2, 0.25) is 0 Å². The third kappa shape index (κ3) is 1.79. The number of hydrogen-bond acceptors (Lipinski definition) is 4. The van der Waals surface area contributed by atoms with Crippen LogP contribution in [0, 0.1) is 0 Å². The van der Waals surface area contributed by atoms with Crippen molar-refractivity contribution in [2.45, 2.75) is 6.92 Å². The van der Waals surface area contributed by atoms with Crippen molar-refractivity contribution in [2.24, 2.45) is 5.16 Å². The van der Waals surface area contributed by atoms with Crippen LogP contribution in [0.2, 0.25) is 0 Å². The molecule has 0 spiro atoms. The third-order valence-electron chi connectivity index (χ3n) is 1.94. The van der Waals surface area contributed by atoms with Crippen LogP contribution < -0.4 is 9.47 Å². The van der Waals surface area contributed by atoms with Crippen molar-refractivity contribution in [3.63, 3.8) is 0 Å². The molecule has 1 N–H and O–H groups in total. The Hall–Kier alpha value is -1.71. The van der Waals surface area contributed by atoms with Gasteiger partial charge in [0.15, 0.2) is 0 Å². The monoisotopic (exact) mass is 195 g/mol. The quantitative estimate of drug-likeness (QED) is 0.455. The molecule has 1 aromatic rings. The lowest BCUT2D eigenvalue weighted by Crippen LogP contribution is -2.02. The summed E-state index contributed by atoms with van der Waals surface area (Å²) in [4.78, 5) is 0. The maximum absolute atomic E-state index is 8.70. The van der Waals surface area contributed by atoms with Crippen LogP contribution in [0.4, 0.5) is 0 Å². The van der Waals surface area contributed by atoms with Crippen LogP contribution in [0.5, 0.6) is 11.5 Å². The second kappa shape index (κ2) is 4.50. The van der Waals surface area contributed by atoms with Gasteiger partial charge >= 0.3 is 0 Å². The first-order chi connectivity index (χ1) is 6.74. The van der Waals surface area contributed by atoms with E-state index in [1.807, 2.05) is 6.07 Å². The Morgan fingerprint density at radius 3 is 2.07 bits per heavy atom. The smallest absolute Gasteiger partial charge is 0.131 e. The van der Waals surface area contributed by atoms with Gasteiger partial charge < -0.3 is 14.7 Å². The third-order valence-corrected chi connectivity index (χ3v) is 1.94. The SMILES string of the molecule is COc1cccc(OC)c1C(C)=NO. The maximum atomic E-state index is 8.70. The highest BCUT2D eigenvalue weighted by molar-refractivity contribution is 6.03. The summed E-state index contributed by atoms with van der Waals surface area (Å²) in [7, 11) is 3.12. The normalized spacial score (nSPS) is 11.2. The molecule has 0 bridgehead atoms. The lowest BCUT2D eigenvalue weighted by atomic mass is 10.1. The van der Waals surface area contributed by atoms with Crippen LogP contribution in [-0.4, -0.2) is 25.1 Å². The molecule has 0 aliphatic heterocycles. The number of rotatable bonds is 3. The van der Waals surface area contributed by atoms with Crippen molar-refractivity contribution in [1.82, 2.24) is 0 Å². The molecule has 0 aliphatic carbocycles. The van der Waals surface area contributed by atoms with Crippen LogP contribution in [0.1, 0.15) is 12.5 Å². The molecule has 0 fully saturated rings. The molecule has 0 radical (unpaired) electrons. The molecule has 76 valence electrons. The Bertz CT molecular complexity index is 325. The number of ether oxygens (including phenoxy) is 2. The Labute approximate surface area is 82.8 Å². The average Bonchev–Trinajstić information content (AvgIpc) is 2.26. The van der Waals surface area contributed by atoms with Gasteiger partial charge in [0, 0.05) is 0 Å². The first-order valence-electron chi connectivity index (χ1n) is 4.14. The highest BCUT2D eigenvalue weighted by Gasteiger charge is 2.12. The van der Waals surface area contributed by atoms with E-state index in [2.05, 4.69) is 5.16 Å². The van der Waals surface area contributed by atoms with Crippen molar-refractivity contribution in [1.29, 1.82) is 0 Å². The summed E-state index contributed by atoms with van der Waals surface area (Å²) in [6.07, 6.45) is 0. The predicted molar refractivity (Wildman–Crippen MR) is 53.5 cm³/mol. The van der Waals surface area contributed by atoms with Crippen molar-refractivity contribution in [2.75, 3.05) is 14.2 Å². The summed E-state index contributed by atoms with van der Waals surface area (Å²) in [5, 5.41) is 11.8. The molecule has 14 heavy (non-hydrogen) atoms. The first-order valence-corrected chi connectivity index (χ1v) is 4.14. The summed E-state index contributed by atoms with van der Waals surface area (Å²) >= 11 is 0. The topological polar surface area (TPSA) is 51.0 Å². The molecule has 0 aromatic heterocycles. The number of benzene rings is 1. The fourth-order valence-electron chi connectivity index (χ4n) is 1.26. The average molecular weight is 195 g/mol. The fraction of sp³-hybridized carbons (Fsp3) is 0.300. The zero-order valence-corrected chi connectivity index (χ0v) is 8.44. The first kappa shape index (κ1) is 10.4. The molecule has 0 atom stereocenters. The van der Waals surface area contributed by atoms with Crippen LogP contribution in [0.25, 0.3) is 0 Å². The van der Waals surface area contributed by atoms with E-state index in [0.29, 0.717) is 22.8 Å². The lowest BCUT2D eigenvalue weighted by molar-refractivity contribution is 0.318. The number of methoxy groups -OCH3 is 2. The van der Waals surface area contributed by atoms with Gasteiger partial charge in [-0.1, -0.05) is 11.2 Å². The zero-order valence-electron chi connectivity index (χ0n) is 8.44. The summed E-state index contributed by atoms with van der Waals surface area (Å²) in [6, 6.07) is 5.38. The molecule has 0 saturated heterocycles. The minimum absolute atomic E-state index is 0.458. The van der Waals surface area contributed by atoms with Crippen molar-refractivity contribution in [3.8, 4) is 11.5 Å². The molecule has 0 heterocycles. The summed E-state index contributed by atoms with van der Waals surface area (Å²) in [5.41, 5.74) is 1.12. The summed E-state index contributed by atoms with van der Waals surface area (Å²) < 4.78 is 10.3. The minimum Gasteiger partial charge on any atom is -0.496 e. The van der Waals surface area contributed by atoms with E-state index in [0.717, 1.165) is 0 Å². The van der Waals surface area contributed by atoms with Gasteiger partial charge in [-0.25, -0.2) is 0 Å². The van der Waals surface area contributed by atoms with E-state index >= 15 is 0 Å². The van der Waals surface area contributed by atoms with Crippen LogP contribution >= 0.6 is 0 Å². The lowest BCUT2D eigenvalue weighted by Gasteiger charge is -2.11. The van der Waals surface area contributed by atoms with Crippen LogP contribution in [-0.2, 0) is 0 Å². The highest BCUT2D eigenvalue weighted by atomic mass is 16.5. The molecule has 0 aliphatic rings. The predicted octanol–water partition coefficient (Wildman–Crippen LogP) is 1.90. The highest BCUT2D eigenvalue weighted by Crippen LogP contribution is 2.28. The second-order valence-electron chi connectivity index (χ2n) is 2.72. The van der Waals surface area contributed by atoms with E-state index < -0.39 is 0 Å². The van der Waals surface area contributed by atoms with Gasteiger partial charge in [-0.3, -0.25) is 0 Å². The summed E-state index contributed by atoms with van der Waals surface area (Å²) in [5.74, 6) is 1.25. The number of hydrogen-bond donors (Lipinski definition) is 1. The Balaban J connectivity index is 3.33. The molecular weight excluding hydrogens is 182 g/mol. The van der Waals surface area contributed by atoms with E-state index in [1.54, 1.807) is 33.3 Å². The molecule has 0 amide bonds. The molecular formula is C10H13NO3. The fourth-order valence-corrected chi connectivity index (χ4v) is 1.26. The van der Waals surface area contributed by atoms with E-state index in [-0.39, 0.29) is 0 Å². The van der Waals surface area contributed by atoms with E-state index in [9.17, 15) is 0 Å². The minimum atomic E-state index is 0.458. The molecule has 0 saturated carbocycles. The molecule has 0 unspecified atom stereocenters. The van der Waals surface area contributed by atoms with Gasteiger partial charge in [-0.05, 0) is 19.1 Å². The largest absolute Gasteiger partial charge is 0.496 e.